The van der Waals surface area contributed by atoms with E-state index in [2.05, 4.69) is 52.0 Å². The van der Waals surface area contributed by atoms with Crippen LogP contribution in [0.25, 0.3) is 0 Å². The SMILES string of the molecule is Cc1cccc(N2CCN(C(=O)c3ccc(N4CCCCCC4)nn3)CC2)c1C. The molecule has 2 aromatic rings. The molecule has 2 aliphatic rings. The molecule has 0 atom stereocenters. The second-order valence-electron chi connectivity index (χ2n) is 8.18. The lowest BCUT2D eigenvalue weighted by atomic mass is 10.1. The molecular weight excluding hydrogens is 362 g/mol. The Hall–Kier alpha value is -2.63. The lowest BCUT2D eigenvalue weighted by Crippen LogP contribution is -2.49. The molecule has 1 amide bonds. The molecule has 6 nitrogen and oxygen atoms in total. The van der Waals surface area contributed by atoms with Crippen LogP contribution in [0.3, 0.4) is 0 Å². The second kappa shape index (κ2) is 8.80. The molecule has 0 aliphatic carbocycles. The smallest absolute Gasteiger partial charge is 0.274 e. The van der Waals surface area contributed by atoms with Crippen LogP contribution in [0.2, 0.25) is 0 Å². The largest absolute Gasteiger partial charge is 0.368 e. The highest BCUT2D eigenvalue weighted by molar-refractivity contribution is 5.92. The van der Waals surface area contributed by atoms with Crippen LogP contribution < -0.4 is 9.80 Å². The summed E-state index contributed by atoms with van der Waals surface area (Å²) in [5, 5.41) is 8.63. The highest BCUT2D eigenvalue weighted by Crippen LogP contribution is 2.24. The molecule has 1 aromatic carbocycles. The predicted octanol–water partition coefficient (Wildman–Crippen LogP) is 3.44. The molecule has 0 unspecified atom stereocenters. The Kier molecular flexibility index (Phi) is 5.97. The van der Waals surface area contributed by atoms with Gasteiger partial charge in [-0.15, -0.1) is 10.2 Å². The molecule has 6 heteroatoms. The number of piperazine rings is 1. The third kappa shape index (κ3) is 4.36. The zero-order valence-electron chi connectivity index (χ0n) is 17.6. The number of nitrogens with zero attached hydrogens (tertiary/aromatic N) is 5. The molecule has 0 bridgehead atoms. The van der Waals surface area contributed by atoms with Gasteiger partial charge in [0.15, 0.2) is 11.5 Å². The van der Waals surface area contributed by atoms with Crippen LogP contribution in [0.15, 0.2) is 30.3 Å². The fraction of sp³-hybridized carbons (Fsp3) is 0.522. The van der Waals surface area contributed by atoms with Crippen LogP contribution in [-0.4, -0.2) is 60.3 Å². The predicted molar refractivity (Wildman–Crippen MR) is 117 cm³/mol. The maximum Gasteiger partial charge on any atom is 0.274 e. The van der Waals surface area contributed by atoms with Gasteiger partial charge in [0.1, 0.15) is 0 Å². The van der Waals surface area contributed by atoms with Crippen molar-refractivity contribution in [2.24, 2.45) is 0 Å². The molecule has 2 fully saturated rings. The first kappa shape index (κ1) is 19.7. The van der Waals surface area contributed by atoms with Gasteiger partial charge in [-0.2, -0.15) is 0 Å². The third-order valence-corrected chi connectivity index (χ3v) is 6.28. The van der Waals surface area contributed by atoms with Gasteiger partial charge in [0.25, 0.3) is 5.91 Å². The van der Waals surface area contributed by atoms with E-state index in [-0.39, 0.29) is 5.91 Å². The van der Waals surface area contributed by atoms with Crippen LogP contribution >= 0.6 is 0 Å². The fourth-order valence-corrected chi connectivity index (χ4v) is 4.30. The van der Waals surface area contributed by atoms with Crippen LogP contribution in [0, 0.1) is 13.8 Å². The van der Waals surface area contributed by atoms with Gasteiger partial charge in [-0.25, -0.2) is 0 Å². The molecule has 0 N–H and O–H groups in total. The highest BCUT2D eigenvalue weighted by Gasteiger charge is 2.24. The van der Waals surface area contributed by atoms with Crippen LogP contribution in [0.4, 0.5) is 11.5 Å². The summed E-state index contributed by atoms with van der Waals surface area (Å²) < 4.78 is 0. The Labute approximate surface area is 173 Å². The van der Waals surface area contributed by atoms with E-state index < -0.39 is 0 Å². The van der Waals surface area contributed by atoms with Gasteiger partial charge in [0.05, 0.1) is 0 Å². The highest BCUT2D eigenvalue weighted by atomic mass is 16.2. The first-order chi connectivity index (χ1) is 14.1. The fourth-order valence-electron chi connectivity index (χ4n) is 4.30. The standard InChI is InChI=1S/C23H31N5O/c1-18-8-7-9-21(19(18)2)26-14-16-28(17-15-26)23(29)20-10-11-22(25-24-20)27-12-5-3-4-6-13-27/h7-11H,3-6,12-17H2,1-2H3. The number of anilines is 2. The number of rotatable bonds is 3. The Morgan fingerprint density at radius 3 is 2.17 bits per heavy atom. The summed E-state index contributed by atoms with van der Waals surface area (Å²) >= 11 is 0. The second-order valence-corrected chi connectivity index (χ2v) is 8.18. The summed E-state index contributed by atoms with van der Waals surface area (Å²) in [6.45, 7) is 9.48. The Balaban J connectivity index is 1.37. The number of aromatic nitrogens is 2. The van der Waals surface area contributed by atoms with Crippen molar-refractivity contribution < 1.29 is 4.79 Å². The summed E-state index contributed by atoms with van der Waals surface area (Å²) in [5.41, 5.74) is 4.35. The molecule has 0 saturated carbocycles. The van der Waals surface area contributed by atoms with Crippen molar-refractivity contribution in [3.8, 4) is 0 Å². The summed E-state index contributed by atoms with van der Waals surface area (Å²) in [6, 6.07) is 10.2. The van der Waals surface area contributed by atoms with E-state index in [1.165, 1.54) is 42.5 Å². The maximum atomic E-state index is 12.9. The van der Waals surface area contributed by atoms with E-state index >= 15 is 0 Å². The van der Waals surface area contributed by atoms with E-state index in [0.717, 1.165) is 32.0 Å². The number of benzene rings is 1. The molecule has 1 aromatic heterocycles. The van der Waals surface area contributed by atoms with Crippen molar-refractivity contribution in [1.29, 1.82) is 0 Å². The Bertz CT molecular complexity index is 835. The zero-order valence-corrected chi connectivity index (χ0v) is 17.6. The van der Waals surface area contributed by atoms with Gasteiger partial charge in [-0.3, -0.25) is 4.79 Å². The van der Waals surface area contributed by atoms with Crippen molar-refractivity contribution >= 4 is 17.4 Å². The van der Waals surface area contributed by atoms with Crippen molar-refractivity contribution in [1.82, 2.24) is 15.1 Å². The number of carbonyl (C=O) groups excluding carboxylic acids is 1. The molecule has 154 valence electrons. The summed E-state index contributed by atoms with van der Waals surface area (Å²) in [5.74, 6) is 0.878. The molecular formula is C23H31N5O. The summed E-state index contributed by atoms with van der Waals surface area (Å²) in [6.07, 6.45) is 4.98. The minimum Gasteiger partial charge on any atom is -0.368 e. The van der Waals surface area contributed by atoms with Gasteiger partial charge < -0.3 is 14.7 Å². The van der Waals surface area contributed by atoms with Crippen molar-refractivity contribution in [3.05, 3.63) is 47.2 Å². The quantitative estimate of drug-likeness (QED) is 0.800. The Morgan fingerprint density at radius 1 is 0.793 bits per heavy atom. The van der Waals surface area contributed by atoms with E-state index in [4.69, 9.17) is 0 Å². The zero-order chi connectivity index (χ0) is 20.2. The van der Waals surface area contributed by atoms with Gasteiger partial charge in [-0.1, -0.05) is 25.0 Å². The van der Waals surface area contributed by atoms with Crippen molar-refractivity contribution in [2.75, 3.05) is 49.1 Å². The lowest BCUT2D eigenvalue weighted by Gasteiger charge is -2.36. The number of carbonyl (C=O) groups is 1. The first-order valence-electron chi connectivity index (χ1n) is 10.8. The monoisotopic (exact) mass is 393 g/mol. The number of hydrogen-bond donors (Lipinski definition) is 0. The minimum absolute atomic E-state index is 0.0134. The van der Waals surface area contributed by atoms with E-state index in [9.17, 15) is 4.79 Å². The summed E-state index contributed by atoms with van der Waals surface area (Å²) in [7, 11) is 0. The normalized spacial score (nSPS) is 17.9. The number of amides is 1. The average molecular weight is 394 g/mol. The van der Waals surface area contributed by atoms with Gasteiger partial charge in [0.2, 0.25) is 0 Å². The molecule has 2 aliphatic heterocycles. The van der Waals surface area contributed by atoms with E-state index in [0.29, 0.717) is 18.8 Å². The minimum atomic E-state index is -0.0134. The van der Waals surface area contributed by atoms with E-state index in [1.54, 1.807) is 0 Å². The molecule has 3 heterocycles. The molecule has 0 spiro atoms. The first-order valence-corrected chi connectivity index (χ1v) is 10.8. The molecule has 4 rings (SSSR count). The maximum absolute atomic E-state index is 12.9. The number of hydrogen-bond acceptors (Lipinski definition) is 5. The van der Waals surface area contributed by atoms with Crippen LogP contribution in [-0.2, 0) is 0 Å². The van der Waals surface area contributed by atoms with Gasteiger partial charge in [-0.05, 0) is 56.0 Å². The molecule has 0 radical (unpaired) electrons. The average Bonchev–Trinajstić information content (AvgIpc) is 3.05. The van der Waals surface area contributed by atoms with Crippen molar-refractivity contribution in [2.45, 2.75) is 39.5 Å². The Morgan fingerprint density at radius 2 is 1.52 bits per heavy atom. The van der Waals surface area contributed by atoms with Gasteiger partial charge in [0, 0.05) is 45.0 Å². The van der Waals surface area contributed by atoms with Crippen LogP contribution in [0.1, 0.15) is 47.3 Å². The third-order valence-electron chi connectivity index (χ3n) is 6.28. The number of aryl methyl sites for hydroxylation is 1. The molecule has 2 saturated heterocycles. The van der Waals surface area contributed by atoms with Gasteiger partial charge >= 0.3 is 0 Å². The van der Waals surface area contributed by atoms with E-state index in [1.807, 2.05) is 17.0 Å². The van der Waals surface area contributed by atoms with Crippen LogP contribution in [0.5, 0.6) is 0 Å². The molecule has 29 heavy (non-hydrogen) atoms. The topological polar surface area (TPSA) is 52.6 Å². The van der Waals surface area contributed by atoms with Crippen molar-refractivity contribution in [3.63, 3.8) is 0 Å². The summed E-state index contributed by atoms with van der Waals surface area (Å²) in [4.78, 5) is 19.5. The lowest BCUT2D eigenvalue weighted by molar-refractivity contribution is 0.0739.